The molecule has 0 aliphatic carbocycles. The van der Waals surface area contributed by atoms with E-state index in [0.29, 0.717) is 6.54 Å². The van der Waals surface area contributed by atoms with Gasteiger partial charge in [0.15, 0.2) is 5.88 Å². The predicted molar refractivity (Wildman–Crippen MR) is 123 cm³/mol. The molecule has 0 aliphatic rings. The summed E-state index contributed by atoms with van der Waals surface area (Å²) in [5, 5.41) is 12.5. The van der Waals surface area contributed by atoms with Crippen molar-refractivity contribution >= 4 is 10.8 Å². The molecule has 0 radical (unpaired) electrons. The second kappa shape index (κ2) is 8.83. The van der Waals surface area contributed by atoms with Gasteiger partial charge in [-0.1, -0.05) is 36.4 Å². The third-order valence-corrected chi connectivity index (χ3v) is 5.43. The molecule has 33 heavy (non-hydrogen) atoms. The van der Waals surface area contributed by atoms with Gasteiger partial charge in [-0.3, -0.25) is 0 Å². The standard InChI is InChI=1S/C26H25F3N2O2/c1-17-11-21(20-6-4-5-19(12-20)14-30(2)3)13-22-16-31(25(32)24(17)22)15-18-7-9-23(10-8-18)33-26(27,28)29/h4-13,16,32H,14-15H2,1-3H3. The molecule has 0 amide bonds. The normalized spacial score (nSPS) is 12.0. The van der Waals surface area contributed by atoms with Crippen LogP contribution < -0.4 is 4.74 Å². The lowest BCUT2D eigenvalue weighted by Crippen LogP contribution is -2.17. The Bertz CT molecular complexity index is 1280. The lowest BCUT2D eigenvalue weighted by atomic mass is 9.98. The Kier molecular flexibility index (Phi) is 6.08. The number of nitrogens with zero attached hydrogens (tertiary/aromatic N) is 2. The van der Waals surface area contributed by atoms with Gasteiger partial charge in [-0.05, 0) is 73.1 Å². The van der Waals surface area contributed by atoms with Crippen LogP contribution in [0.1, 0.15) is 16.7 Å². The molecule has 0 saturated carbocycles. The highest BCUT2D eigenvalue weighted by atomic mass is 19.4. The number of aryl methyl sites for hydroxylation is 1. The van der Waals surface area contributed by atoms with Gasteiger partial charge in [-0.15, -0.1) is 13.2 Å². The Hall–Kier alpha value is -3.45. The summed E-state index contributed by atoms with van der Waals surface area (Å²) < 4.78 is 42.7. The van der Waals surface area contributed by atoms with E-state index in [1.165, 1.54) is 17.7 Å². The number of aromatic hydroxyl groups is 1. The molecule has 1 N–H and O–H groups in total. The molecule has 0 unspecified atom stereocenters. The highest BCUT2D eigenvalue weighted by Gasteiger charge is 2.31. The number of fused-ring (bicyclic) bond motifs is 1. The maximum Gasteiger partial charge on any atom is 0.573 e. The van der Waals surface area contributed by atoms with Gasteiger partial charge in [0.1, 0.15) is 5.75 Å². The van der Waals surface area contributed by atoms with Crippen LogP contribution in [0.4, 0.5) is 13.2 Å². The summed E-state index contributed by atoms with van der Waals surface area (Å²) in [6.07, 6.45) is -2.86. The Balaban J connectivity index is 1.63. The molecule has 172 valence electrons. The summed E-state index contributed by atoms with van der Waals surface area (Å²) in [5.74, 6) is -0.142. The minimum atomic E-state index is -4.72. The van der Waals surface area contributed by atoms with Crippen molar-refractivity contribution in [3.05, 3.63) is 83.6 Å². The van der Waals surface area contributed by atoms with Gasteiger partial charge in [0.25, 0.3) is 0 Å². The number of rotatable bonds is 6. The quantitative estimate of drug-likeness (QED) is 0.370. The third-order valence-electron chi connectivity index (χ3n) is 5.43. The fraction of sp³-hybridized carbons (Fsp3) is 0.231. The first-order valence-corrected chi connectivity index (χ1v) is 10.5. The van der Waals surface area contributed by atoms with Gasteiger partial charge < -0.3 is 19.3 Å². The first-order chi connectivity index (χ1) is 15.6. The molecule has 0 aliphatic heterocycles. The first-order valence-electron chi connectivity index (χ1n) is 10.5. The van der Waals surface area contributed by atoms with Gasteiger partial charge in [0.2, 0.25) is 0 Å². The van der Waals surface area contributed by atoms with Crippen molar-refractivity contribution in [3.8, 4) is 22.8 Å². The minimum Gasteiger partial charge on any atom is -0.494 e. The minimum absolute atomic E-state index is 0.131. The number of ether oxygens (including phenoxy) is 1. The molecule has 0 spiro atoms. The predicted octanol–water partition coefficient (Wildman–Crippen LogP) is 6.33. The molecule has 7 heteroatoms. The molecule has 0 atom stereocenters. The topological polar surface area (TPSA) is 37.6 Å². The van der Waals surface area contributed by atoms with Crippen LogP contribution in [0.3, 0.4) is 0 Å². The Morgan fingerprint density at radius 1 is 0.939 bits per heavy atom. The largest absolute Gasteiger partial charge is 0.573 e. The van der Waals surface area contributed by atoms with Gasteiger partial charge in [-0.25, -0.2) is 0 Å². The number of aromatic nitrogens is 1. The number of alkyl halides is 3. The second-order valence-corrected chi connectivity index (χ2v) is 8.47. The van der Waals surface area contributed by atoms with E-state index in [1.54, 1.807) is 16.7 Å². The smallest absolute Gasteiger partial charge is 0.494 e. The molecule has 1 aromatic heterocycles. The van der Waals surface area contributed by atoms with Crippen LogP contribution >= 0.6 is 0 Å². The van der Waals surface area contributed by atoms with Crippen molar-refractivity contribution in [2.24, 2.45) is 0 Å². The molecule has 3 aromatic carbocycles. The van der Waals surface area contributed by atoms with Crippen molar-refractivity contribution in [1.82, 2.24) is 9.47 Å². The molecule has 4 nitrogen and oxygen atoms in total. The van der Waals surface area contributed by atoms with Crippen molar-refractivity contribution in [3.63, 3.8) is 0 Å². The van der Waals surface area contributed by atoms with E-state index in [4.69, 9.17) is 0 Å². The lowest BCUT2D eigenvalue weighted by molar-refractivity contribution is -0.274. The number of hydrogen-bond acceptors (Lipinski definition) is 3. The summed E-state index contributed by atoms with van der Waals surface area (Å²) in [6.45, 7) is 3.13. The fourth-order valence-corrected chi connectivity index (χ4v) is 4.09. The van der Waals surface area contributed by atoms with Crippen molar-refractivity contribution in [1.29, 1.82) is 0 Å². The number of benzene rings is 3. The zero-order valence-corrected chi connectivity index (χ0v) is 18.6. The molecule has 4 rings (SSSR count). The van der Waals surface area contributed by atoms with E-state index in [0.717, 1.165) is 39.6 Å². The summed E-state index contributed by atoms with van der Waals surface area (Å²) in [7, 11) is 4.07. The Morgan fingerprint density at radius 3 is 2.33 bits per heavy atom. The molecule has 0 fully saturated rings. The molecule has 0 saturated heterocycles. The molecular weight excluding hydrogens is 429 g/mol. The van der Waals surface area contributed by atoms with Crippen molar-refractivity contribution < 1.29 is 23.0 Å². The van der Waals surface area contributed by atoms with Gasteiger partial charge in [-0.2, -0.15) is 0 Å². The van der Waals surface area contributed by atoms with Crippen molar-refractivity contribution in [2.75, 3.05) is 14.1 Å². The van der Waals surface area contributed by atoms with Crippen LogP contribution in [-0.4, -0.2) is 35.0 Å². The Morgan fingerprint density at radius 2 is 1.67 bits per heavy atom. The Labute approximate surface area is 190 Å². The average molecular weight is 454 g/mol. The van der Waals surface area contributed by atoms with Gasteiger partial charge in [0.05, 0.1) is 6.54 Å². The fourth-order valence-electron chi connectivity index (χ4n) is 4.09. The zero-order chi connectivity index (χ0) is 23.8. The van der Waals surface area contributed by atoms with Crippen molar-refractivity contribution in [2.45, 2.75) is 26.4 Å². The van der Waals surface area contributed by atoms with Gasteiger partial charge in [0, 0.05) is 23.5 Å². The lowest BCUT2D eigenvalue weighted by Gasteiger charge is -2.11. The van der Waals surface area contributed by atoms with Crippen LogP contribution in [0.25, 0.3) is 21.9 Å². The summed E-state index contributed by atoms with van der Waals surface area (Å²) in [5.41, 5.74) is 5.08. The average Bonchev–Trinajstić information content (AvgIpc) is 3.04. The monoisotopic (exact) mass is 454 g/mol. The molecule has 1 heterocycles. The summed E-state index contributed by atoms with van der Waals surface area (Å²) in [4.78, 5) is 2.12. The van der Waals surface area contributed by atoms with E-state index in [-0.39, 0.29) is 11.6 Å². The SMILES string of the molecule is Cc1cc(-c2cccc(CN(C)C)c2)cc2cn(Cc3ccc(OC(F)(F)F)cc3)c(O)c12. The number of hydrogen-bond donors (Lipinski definition) is 1. The van der Waals surface area contributed by atoms with E-state index in [9.17, 15) is 18.3 Å². The van der Waals surface area contributed by atoms with E-state index in [2.05, 4.69) is 33.9 Å². The summed E-state index contributed by atoms with van der Waals surface area (Å²) >= 11 is 0. The molecule has 0 bridgehead atoms. The van der Waals surface area contributed by atoms with Crippen LogP contribution in [-0.2, 0) is 13.1 Å². The molecular formula is C26H25F3N2O2. The number of halogens is 3. The zero-order valence-electron chi connectivity index (χ0n) is 18.6. The molecule has 4 aromatic rings. The van der Waals surface area contributed by atoms with E-state index < -0.39 is 6.36 Å². The highest BCUT2D eigenvalue weighted by Crippen LogP contribution is 2.35. The maximum absolute atomic E-state index is 12.4. The van der Waals surface area contributed by atoms with Crippen LogP contribution in [0.15, 0.2) is 66.9 Å². The first kappa shape index (κ1) is 22.7. The van der Waals surface area contributed by atoms with Crippen LogP contribution in [0.5, 0.6) is 11.6 Å². The second-order valence-electron chi connectivity index (χ2n) is 8.47. The maximum atomic E-state index is 12.4. The highest BCUT2D eigenvalue weighted by molar-refractivity contribution is 5.94. The van der Waals surface area contributed by atoms with E-state index in [1.807, 2.05) is 39.3 Å². The van der Waals surface area contributed by atoms with Crippen LogP contribution in [0, 0.1) is 6.92 Å². The third kappa shape index (κ3) is 5.31. The van der Waals surface area contributed by atoms with Crippen LogP contribution in [0.2, 0.25) is 0 Å². The van der Waals surface area contributed by atoms with Gasteiger partial charge >= 0.3 is 6.36 Å². The summed E-state index contributed by atoms with van der Waals surface area (Å²) in [6, 6.07) is 18.1. The van der Waals surface area contributed by atoms with E-state index >= 15 is 0 Å².